The molecule has 0 spiro atoms. The van der Waals surface area contributed by atoms with Gasteiger partial charge in [-0.1, -0.05) is 18.2 Å². The highest BCUT2D eigenvalue weighted by molar-refractivity contribution is 5.96. The molecule has 2 N–H and O–H groups in total. The summed E-state index contributed by atoms with van der Waals surface area (Å²) in [5.41, 5.74) is 1.20. The first-order valence-electron chi connectivity index (χ1n) is 9.09. The molecule has 3 rings (SSSR count). The van der Waals surface area contributed by atoms with Crippen molar-refractivity contribution in [2.24, 2.45) is 0 Å². The molecule has 3 amide bonds. The summed E-state index contributed by atoms with van der Waals surface area (Å²) in [5, 5.41) is 13.0. The van der Waals surface area contributed by atoms with Crippen LogP contribution in [0.1, 0.15) is 42.1 Å². The molecule has 6 nitrogen and oxygen atoms in total. The van der Waals surface area contributed by atoms with Crippen LogP contribution in [-0.2, 0) is 6.42 Å². The van der Waals surface area contributed by atoms with E-state index in [4.69, 9.17) is 0 Å². The van der Waals surface area contributed by atoms with E-state index in [0.29, 0.717) is 39.1 Å². The molecule has 1 saturated heterocycles. The van der Waals surface area contributed by atoms with Crippen LogP contribution in [0.4, 0.5) is 4.79 Å². The zero-order chi connectivity index (χ0) is 17.9. The first-order chi connectivity index (χ1) is 12.0. The van der Waals surface area contributed by atoms with Crippen LogP contribution in [0.2, 0.25) is 0 Å². The molecular formula is C19H27N3O3. The van der Waals surface area contributed by atoms with E-state index in [9.17, 15) is 14.7 Å². The Kier molecular flexibility index (Phi) is 5.27. The van der Waals surface area contributed by atoms with Crippen molar-refractivity contribution in [3.05, 3.63) is 35.4 Å². The number of benzene rings is 1. The molecule has 1 aromatic rings. The molecule has 0 radical (unpaired) electrons. The van der Waals surface area contributed by atoms with Gasteiger partial charge in [-0.3, -0.25) is 4.79 Å². The fraction of sp³-hybridized carbons (Fsp3) is 0.579. The number of carbonyl (C=O) groups excluding carboxylic acids is 2. The van der Waals surface area contributed by atoms with Gasteiger partial charge in [0.05, 0.1) is 5.60 Å². The highest BCUT2D eigenvalue weighted by Crippen LogP contribution is 2.21. The summed E-state index contributed by atoms with van der Waals surface area (Å²) < 4.78 is 0. The van der Waals surface area contributed by atoms with Crippen molar-refractivity contribution in [3.63, 3.8) is 0 Å². The molecule has 2 aliphatic heterocycles. The minimum Gasteiger partial charge on any atom is -0.390 e. The molecule has 0 bridgehead atoms. The van der Waals surface area contributed by atoms with E-state index in [1.54, 1.807) is 9.80 Å². The quantitative estimate of drug-likeness (QED) is 0.875. The van der Waals surface area contributed by atoms with E-state index in [-0.39, 0.29) is 11.9 Å². The van der Waals surface area contributed by atoms with Crippen molar-refractivity contribution in [2.75, 3.05) is 32.7 Å². The van der Waals surface area contributed by atoms with Crippen LogP contribution in [0.15, 0.2) is 24.3 Å². The molecule has 1 atom stereocenters. The largest absolute Gasteiger partial charge is 0.390 e. The minimum absolute atomic E-state index is 0.0434. The SMILES string of the molecule is CC1(O)CCCN(C(=O)NCCN2CCc3ccccc3C2=O)CC1. The summed E-state index contributed by atoms with van der Waals surface area (Å²) in [7, 11) is 0. The van der Waals surface area contributed by atoms with Gasteiger partial charge in [0.25, 0.3) is 5.91 Å². The smallest absolute Gasteiger partial charge is 0.317 e. The van der Waals surface area contributed by atoms with Crippen LogP contribution in [0.25, 0.3) is 0 Å². The minimum atomic E-state index is -0.678. The predicted molar refractivity (Wildman–Crippen MR) is 95.5 cm³/mol. The number of fused-ring (bicyclic) bond motifs is 1. The van der Waals surface area contributed by atoms with Gasteiger partial charge in [0.2, 0.25) is 0 Å². The number of nitrogens with one attached hydrogen (secondary N) is 1. The molecular weight excluding hydrogens is 318 g/mol. The van der Waals surface area contributed by atoms with E-state index in [1.807, 2.05) is 31.2 Å². The highest BCUT2D eigenvalue weighted by Gasteiger charge is 2.27. The zero-order valence-corrected chi connectivity index (χ0v) is 14.8. The fourth-order valence-corrected chi connectivity index (χ4v) is 3.56. The number of aliphatic hydroxyl groups is 1. The summed E-state index contributed by atoms with van der Waals surface area (Å²) >= 11 is 0. The average molecular weight is 345 g/mol. The van der Waals surface area contributed by atoms with Gasteiger partial charge in [-0.15, -0.1) is 0 Å². The monoisotopic (exact) mass is 345 g/mol. The highest BCUT2D eigenvalue weighted by atomic mass is 16.3. The van der Waals surface area contributed by atoms with E-state index in [0.717, 1.165) is 30.4 Å². The Morgan fingerprint density at radius 1 is 1.24 bits per heavy atom. The third-order valence-electron chi connectivity index (χ3n) is 5.19. The lowest BCUT2D eigenvalue weighted by Crippen LogP contribution is -2.46. The summed E-state index contributed by atoms with van der Waals surface area (Å²) in [6.45, 7) is 4.71. The molecule has 2 aliphatic rings. The van der Waals surface area contributed by atoms with Gasteiger partial charge < -0.3 is 20.2 Å². The summed E-state index contributed by atoms with van der Waals surface area (Å²) in [6, 6.07) is 7.60. The van der Waals surface area contributed by atoms with Gasteiger partial charge in [0, 0.05) is 38.3 Å². The van der Waals surface area contributed by atoms with Crippen molar-refractivity contribution >= 4 is 11.9 Å². The standard InChI is InChI=1S/C19H27N3O3/c1-19(25)8-4-11-22(13-9-19)18(24)20-10-14-21-12-7-15-5-2-3-6-16(15)17(21)23/h2-3,5-6,25H,4,7-14H2,1H3,(H,20,24). The van der Waals surface area contributed by atoms with Crippen molar-refractivity contribution in [2.45, 2.75) is 38.2 Å². The number of hydrogen-bond acceptors (Lipinski definition) is 3. The topological polar surface area (TPSA) is 72.9 Å². The normalized spacial score (nSPS) is 23.8. The maximum atomic E-state index is 12.5. The zero-order valence-electron chi connectivity index (χ0n) is 14.8. The Balaban J connectivity index is 1.47. The van der Waals surface area contributed by atoms with Crippen LogP contribution >= 0.6 is 0 Å². The van der Waals surface area contributed by atoms with E-state index < -0.39 is 5.60 Å². The van der Waals surface area contributed by atoms with Crippen LogP contribution in [0.3, 0.4) is 0 Å². The van der Waals surface area contributed by atoms with Crippen molar-refractivity contribution < 1.29 is 14.7 Å². The number of urea groups is 1. The van der Waals surface area contributed by atoms with Gasteiger partial charge in [-0.2, -0.15) is 0 Å². The van der Waals surface area contributed by atoms with E-state index in [1.165, 1.54) is 0 Å². The molecule has 25 heavy (non-hydrogen) atoms. The summed E-state index contributed by atoms with van der Waals surface area (Å²) in [5.74, 6) is 0.0434. The van der Waals surface area contributed by atoms with Crippen LogP contribution in [0.5, 0.6) is 0 Å². The molecule has 6 heteroatoms. The summed E-state index contributed by atoms with van der Waals surface area (Å²) in [4.78, 5) is 28.4. The van der Waals surface area contributed by atoms with Gasteiger partial charge in [-0.25, -0.2) is 4.79 Å². The number of carbonyl (C=O) groups is 2. The molecule has 0 saturated carbocycles. The number of nitrogens with zero attached hydrogens (tertiary/aromatic N) is 2. The van der Waals surface area contributed by atoms with Crippen molar-refractivity contribution in [3.8, 4) is 0 Å². The maximum Gasteiger partial charge on any atom is 0.317 e. The molecule has 136 valence electrons. The van der Waals surface area contributed by atoms with Crippen molar-refractivity contribution in [1.82, 2.24) is 15.1 Å². The number of amides is 3. The fourth-order valence-electron chi connectivity index (χ4n) is 3.56. The van der Waals surface area contributed by atoms with Gasteiger partial charge in [0.15, 0.2) is 0 Å². The molecule has 1 aromatic carbocycles. The Labute approximate surface area is 148 Å². The second-order valence-electron chi connectivity index (χ2n) is 7.27. The van der Waals surface area contributed by atoms with Gasteiger partial charge >= 0.3 is 6.03 Å². The second-order valence-corrected chi connectivity index (χ2v) is 7.27. The van der Waals surface area contributed by atoms with Crippen molar-refractivity contribution in [1.29, 1.82) is 0 Å². The Hall–Kier alpha value is -2.08. The summed E-state index contributed by atoms with van der Waals surface area (Å²) in [6.07, 6.45) is 2.99. The van der Waals surface area contributed by atoms with Crippen LogP contribution in [-0.4, -0.2) is 65.2 Å². The Bertz CT molecular complexity index is 645. The lowest BCUT2D eigenvalue weighted by Gasteiger charge is -2.29. The number of likely N-dealkylation sites (tertiary alicyclic amines) is 1. The average Bonchev–Trinajstić information content (AvgIpc) is 2.78. The van der Waals surface area contributed by atoms with E-state index >= 15 is 0 Å². The van der Waals surface area contributed by atoms with Crippen LogP contribution < -0.4 is 5.32 Å². The third-order valence-corrected chi connectivity index (χ3v) is 5.19. The molecule has 2 heterocycles. The van der Waals surface area contributed by atoms with Gasteiger partial charge in [-0.05, 0) is 44.2 Å². The molecule has 0 aliphatic carbocycles. The van der Waals surface area contributed by atoms with E-state index in [2.05, 4.69) is 5.32 Å². The second kappa shape index (κ2) is 7.44. The first-order valence-corrected chi connectivity index (χ1v) is 9.09. The van der Waals surface area contributed by atoms with Crippen LogP contribution in [0, 0.1) is 0 Å². The Morgan fingerprint density at radius 2 is 2.04 bits per heavy atom. The lowest BCUT2D eigenvalue weighted by molar-refractivity contribution is 0.0456. The first kappa shape index (κ1) is 17.7. The number of hydrogen-bond donors (Lipinski definition) is 2. The van der Waals surface area contributed by atoms with Gasteiger partial charge in [0.1, 0.15) is 0 Å². The molecule has 1 unspecified atom stereocenters. The number of rotatable bonds is 3. The molecule has 0 aromatic heterocycles. The lowest BCUT2D eigenvalue weighted by atomic mass is 9.98. The molecule has 1 fully saturated rings. The maximum absolute atomic E-state index is 12.5. The predicted octanol–water partition coefficient (Wildman–Crippen LogP) is 1.63. The third kappa shape index (κ3) is 4.31. The Morgan fingerprint density at radius 3 is 2.88 bits per heavy atom.